The predicted octanol–water partition coefficient (Wildman–Crippen LogP) is 3.84. The van der Waals surface area contributed by atoms with Crippen molar-refractivity contribution in [2.45, 2.75) is 13.3 Å². The number of para-hydroxylation sites is 1. The molecule has 0 aliphatic heterocycles. The summed E-state index contributed by atoms with van der Waals surface area (Å²) in [7, 11) is 0. The fraction of sp³-hybridized carbons (Fsp3) is 0.125. The van der Waals surface area contributed by atoms with Gasteiger partial charge in [-0.3, -0.25) is 0 Å². The van der Waals surface area contributed by atoms with Gasteiger partial charge in [0.05, 0.1) is 5.69 Å². The summed E-state index contributed by atoms with van der Waals surface area (Å²) in [6, 6.07) is 12.8. The summed E-state index contributed by atoms with van der Waals surface area (Å²) in [5.41, 5.74) is 3.11. The van der Waals surface area contributed by atoms with E-state index in [2.05, 4.69) is 47.2 Å². The molecular formula is C16H15BrN6O. The van der Waals surface area contributed by atoms with Crippen molar-refractivity contribution in [1.29, 1.82) is 0 Å². The van der Waals surface area contributed by atoms with E-state index in [0.29, 0.717) is 17.1 Å². The molecule has 0 atom stereocenters. The number of H-pyrrole nitrogens is 1. The Morgan fingerprint density at radius 2 is 1.96 bits per heavy atom. The average Bonchev–Trinajstić information content (AvgIpc) is 3.11. The van der Waals surface area contributed by atoms with E-state index in [1.54, 1.807) is 6.07 Å². The van der Waals surface area contributed by atoms with Crippen molar-refractivity contribution in [2.24, 2.45) is 0 Å². The summed E-state index contributed by atoms with van der Waals surface area (Å²) in [5.74, 6) is 0.403. The molecule has 3 N–H and O–H groups in total. The van der Waals surface area contributed by atoms with Gasteiger partial charge in [-0.1, -0.05) is 41.1 Å². The first-order valence-electron chi connectivity index (χ1n) is 7.36. The Morgan fingerprint density at radius 1 is 1.17 bits per heavy atom. The van der Waals surface area contributed by atoms with E-state index in [0.717, 1.165) is 22.1 Å². The number of amides is 2. The molecule has 1 aromatic heterocycles. The largest absolute Gasteiger partial charge is 0.323 e. The van der Waals surface area contributed by atoms with Crippen LogP contribution < -0.4 is 10.6 Å². The monoisotopic (exact) mass is 386 g/mol. The summed E-state index contributed by atoms with van der Waals surface area (Å²) in [4.78, 5) is 12.4. The van der Waals surface area contributed by atoms with Crippen LogP contribution in [0.5, 0.6) is 0 Å². The molecule has 0 spiro atoms. The first-order valence-corrected chi connectivity index (χ1v) is 8.16. The van der Waals surface area contributed by atoms with Gasteiger partial charge in [-0.05, 0) is 41.5 Å². The number of carbonyl (C=O) groups excluding carboxylic acids is 1. The predicted molar refractivity (Wildman–Crippen MR) is 95.8 cm³/mol. The maximum absolute atomic E-state index is 12.4. The molecule has 3 aromatic rings. The molecule has 0 aliphatic carbocycles. The van der Waals surface area contributed by atoms with E-state index in [-0.39, 0.29) is 6.03 Å². The highest BCUT2D eigenvalue weighted by Crippen LogP contribution is 2.28. The topological polar surface area (TPSA) is 95.6 Å². The zero-order valence-electron chi connectivity index (χ0n) is 12.9. The number of aromatic amines is 1. The Labute approximate surface area is 147 Å². The lowest BCUT2D eigenvalue weighted by Crippen LogP contribution is -2.20. The highest BCUT2D eigenvalue weighted by molar-refractivity contribution is 9.10. The SMILES string of the molecule is CCc1ccccc1NC(=O)Nc1ccc(Br)cc1-c1nn[nH]n1. The molecule has 1 heterocycles. The average molecular weight is 387 g/mol. The number of nitrogens with zero attached hydrogens (tertiary/aromatic N) is 3. The fourth-order valence-electron chi connectivity index (χ4n) is 2.31. The van der Waals surface area contributed by atoms with E-state index >= 15 is 0 Å². The molecule has 122 valence electrons. The number of nitrogens with one attached hydrogen (secondary N) is 3. The molecule has 0 saturated heterocycles. The van der Waals surface area contributed by atoms with E-state index in [1.165, 1.54) is 0 Å². The van der Waals surface area contributed by atoms with Gasteiger partial charge in [0.15, 0.2) is 0 Å². The molecule has 2 amide bonds. The van der Waals surface area contributed by atoms with Crippen LogP contribution in [0, 0.1) is 0 Å². The standard InChI is InChI=1S/C16H15BrN6O/c1-2-10-5-3-4-6-13(10)18-16(24)19-14-8-7-11(17)9-12(14)15-20-22-23-21-15/h3-9H,2H2,1H3,(H2,18,19,24)(H,20,21,22,23). The number of hydrogen-bond donors (Lipinski definition) is 3. The third-order valence-corrected chi connectivity index (χ3v) is 3.96. The minimum atomic E-state index is -0.331. The number of rotatable bonds is 4. The Morgan fingerprint density at radius 3 is 2.71 bits per heavy atom. The zero-order valence-corrected chi connectivity index (χ0v) is 14.5. The van der Waals surface area contributed by atoms with Crippen LogP contribution in [0.4, 0.5) is 16.2 Å². The number of tetrazole rings is 1. The maximum Gasteiger partial charge on any atom is 0.323 e. The molecule has 24 heavy (non-hydrogen) atoms. The fourth-order valence-corrected chi connectivity index (χ4v) is 2.67. The number of carbonyl (C=O) groups is 1. The van der Waals surface area contributed by atoms with Gasteiger partial charge in [-0.15, -0.1) is 10.2 Å². The summed E-state index contributed by atoms with van der Waals surface area (Å²) in [5, 5.41) is 19.6. The highest BCUT2D eigenvalue weighted by atomic mass is 79.9. The Balaban J connectivity index is 1.82. The van der Waals surface area contributed by atoms with Gasteiger partial charge in [0.1, 0.15) is 0 Å². The first-order chi connectivity index (χ1) is 11.7. The third kappa shape index (κ3) is 3.60. The van der Waals surface area contributed by atoms with Crippen LogP contribution in [-0.4, -0.2) is 26.7 Å². The number of aromatic nitrogens is 4. The Bertz CT molecular complexity index is 850. The van der Waals surface area contributed by atoms with Gasteiger partial charge in [-0.2, -0.15) is 5.21 Å². The second kappa shape index (κ2) is 7.22. The number of halogens is 1. The third-order valence-electron chi connectivity index (χ3n) is 3.46. The molecule has 3 rings (SSSR count). The van der Waals surface area contributed by atoms with Crippen molar-refractivity contribution in [1.82, 2.24) is 20.6 Å². The van der Waals surface area contributed by atoms with Crippen LogP contribution >= 0.6 is 15.9 Å². The van der Waals surface area contributed by atoms with Crippen molar-refractivity contribution in [3.8, 4) is 11.4 Å². The van der Waals surface area contributed by atoms with Crippen molar-refractivity contribution in [2.75, 3.05) is 10.6 Å². The molecule has 8 heteroatoms. The van der Waals surface area contributed by atoms with Crippen LogP contribution in [0.2, 0.25) is 0 Å². The quantitative estimate of drug-likeness (QED) is 0.634. The van der Waals surface area contributed by atoms with Gasteiger partial charge in [0.25, 0.3) is 0 Å². The minimum absolute atomic E-state index is 0.331. The molecule has 0 radical (unpaired) electrons. The Hall–Kier alpha value is -2.74. The lowest BCUT2D eigenvalue weighted by atomic mass is 10.1. The molecule has 0 aliphatic rings. The number of urea groups is 1. The summed E-state index contributed by atoms with van der Waals surface area (Å²) >= 11 is 3.41. The molecule has 0 fully saturated rings. The summed E-state index contributed by atoms with van der Waals surface area (Å²) < 4.78 is 0.851. The maximum atomic E-state index is 12.4. The minimum Gasteiger partial charge on any atom is -0.307 e. The van der Waals surface area contributed by atoms with Crippen molar-refractivity contribution < 1.29 is 4.79 Å². The van der Waals surface area contributed by atoms with Crippen LogP contribution in [0.15, 0.2) is 46.9 Å². The van der Waals surface area contributed by atoms with Crippen LogP contribution in [0.1, 0.15) is 12.5 Å². The summed E-state index contributed by atoms with van der Waals surface area (Å²) in [6.07, 6.45) is 0.836. The van der Waals surface area contributed by atoms with Crippen molar-refractivity contribution in [3.63, 3.8) is 0 Å². The van der Waals surface area contributed by atoms with Crippen LogP contribution in [0.25, 0.3) is 11.4 Å². The number of hydrogen-bond acceptors (Lipinski definition) is 4. The van der Waals surface area contributed by atoms with Crippen LogP contribution in [-0.2, 0) is 6.42 Å². The van der Waals surface area contributed by atoms with E-state index in [1.807, 2.05) is 43.3 Å². The van der Waals surface area contributed by atoms with Crippen molar-refractivity contribution in [3.05, 3.63) is 52.5 Å². The summed E-state index contributed by atoms with van der Waals surface area (Å²) in [6.45, 7) is 2.04. The van der Waals surface area contributed by atoms with Gasteiger partial charge in [-0.25, -0.2) is 4.79 Å². The normalized spacial score (nSPS) is 10.4. The van der Waals surface area contributed by atoms with Crippen molar-refractivity contribution >= 4 is 33.3 Å². The lowest BCUT2D eigenvalue weighted by Gasteiger charge is -2.12. The van der Waals surface area contributed by atoms with Crippen LogP contribution in [0.3, 0.4) is 0 Å². The Kier molecular flexibility index (Phi) is 4.85. The molecular weight excluding hydrogens is 372 g/mol. The van der Waals surface area contributed by atoms with Gasteiger partial charge in [0, 0.05) is 15.7 Å². The number of benzene rings is 2. The lowest BCUT2D eigenvalue weighted by molar-refractivity contribution is 0.262. The second-order valence-corrected chi connectivity index (χ2v) is 5.93. The molecule has 0 saturated carbocycles. The number of anilines is 2. The van der Waals surface area contributed by atoms with E-state index in [4.69, 9.17) is 0 Å². The molecule has 0 unspecified atom stereocenters. The number of aryl methyl sites for hydroxylation is 1. The highest BCUT2D eigenvalue weighted by Gasteiger charge is 2.13. The van der Waals surface area contributed by atoms with Gasteiger partial charge < -0.3 is 10.6 Å². The molecule has 7 nitrogen and oxygen atoms in total. The van der Waals surface area contributed by atoms with E-state index < -0.39 is 0 Å². The van der Waals surface area contributed by atoms with Gasteiger partial charge in [0.2, 0.25) is 5.82 Å². The smallest absolute Gasteiger partial charge is 0.307 e. The molecule has 2 aromatic carbocycles. The second-order valence-electron chi connectivity index (χ2n) is 5.02. The molecule has 0 bridgehead atoms. The van der Waals surface area contributed by atoms with Gasteiger partial charge >= 0.3 is 6.03 Å². The van der Waals surface area contributed by atoms with E-state index in [9.17, 15) is 4.79 Å². The first kappa shape index (κ1) is 16.1. The zero-order chi connectivity index (χ0) is 16.9.